The van der Waals surface area contributed by atoms with Gasteiger partial charge in [-0.15, -0.1) is 17.6 Å². The van der Waals surface area contributed by atoms with Gasteiger partial charge in [0.15, 0.2) is 23.0 Å². The molecule has 0 saturated carbocycles. The van der Waals surface area contributed by atoms with Crippen LogP contribution in [0.1, 0.15) is 51.2 Å². The number of hydrogen-bond acceptors (Lipinski definition) is 6. The fourth-order valence-electron chi connectivity index (χ4n) is 2.78. The molecule has 0 aromatic heterocycles. The van der Waals surface area contributed by atoms with Crippen LogP contribution in [0.5, 0.6) is 23.0 Å². The lowest BCUT2D eigenvalue weighted by Gasteiger charge is -2.14. The molecule has 0 spiro atoms. The lowest BCUT2D eigenvalue weighted by Crippen LogP contribution is -2.26. The van der Waals surface area contributed by atoms with E-state index in [0.717, 1.165) is 19.1 Å². The predicted molar refractivity (Wildman–Crippen MR) is 122 cm³/mol. The van der Waals surface area contributed by atoms with Crippen LogP contribution in [-0.2, 0) is 4.79 Å². The van der Waals surface area contributed by atoms with Gasteiger partial charge in [0.2, 0.25) is 0 Å². The van der Waals surface area contributed by atoms with E-state index in [-0.39, 0.29) is 23.0 Å². The number of benzene rings is 2. The number of aldehydes is 1. The van der Waals surface area contributed by atoms with Crippen LogP contribution >= 0.6 is 31.9 Å². The number of aliphatic hydroxyl groups excluding tert-OH is 1. The first-order valence-corrected chi connectivity index (χ1v) is 11.8. The van der Waals surface area contributed by atoms with Crippen molar-refractivity contribution in [2.75, 3.05) is 0 Å². The van der Waals surface area contributed by atoms with Crippen molar-refractivity contribution in [1.82, 2.24) is 0 Å². The van der Waals surface area contributed by atoms with Crippen LogP contribution in [0.4, 0.5) is 17.6 Å². The van der Waals surface area contributed by atoms with Crippen molar-refractivity contribution >= 4 is 38.1 Å². The lowest BCUT2D eigenvalue weighted by molar-refractivity contribution is -0.287. The molecule has 0 radical (unpaired) electrons. The Kier molecular flexibility index (Phi) is 10.0. The maximum atomic E-state index is 13.0. The lowest BCUT2D eigenvalue weighted by atomic mass is 10.0. The van der Waals surface area contributed by atoms with Crippen LogP contribution in [0.3, 0.4) is 0 Å². The van der Waals surface area contributed by atoms with Crippen LogP contribution in [0.2, 0.25) is 0 Å². The highest BCUT2D eigenvalue weighted by Crippen LogP contribution is 2.48. The van der Waals surface area contributed by atoms with Gasteiger partial charge in [0.1, 0.15) is 6.29 Å². The number of carbonyl (C=O) groups excluding carboxylic acids is 1. The highest BCUT2D eigenvalue weighted by Gasteiger charge is 2.45. The number of rotatable bonds is 5. The second-order valence-electron chi connectivity index (χ2n) is 6.97. The maximum absolute atomic E-state index is 13.0. The average Bonchev–Trinajstić information content (AvgIpc) is 3.22. The molecule has 2 aromatic carbocycles. The molecule has 1 atom stereocenters. The number of halogens is 6. The average molecular weight is 618 g/mol. The minimum absolute atomic E-state index is 0.0503. The van der Waals surface area contributed by atoms with Crippen molar-refractivity contribution in [3.05, 3.63) is 44.8 Å². The molecule has 34 heavy (non-hydrogen) atoms. The van der Waals surface area contributed by atoms with Crippen molar-refractivity contribution in [2.24, 2.45) is 0 Å². The number of alkyl halides is 4. The van der Waals surface area contributed by atoms with Crippen molar-refractivity contribution in [3.63, 3.8) is 0 Å². The summed E-state index contributed by atoms with van der Waals surface area (Å²) in [5, 5.41) is 9.93. The Morgan fingerprint density at radius 2 is 1.50 bits per heavy atom. The normalized spacial score (nSPS) is 16.5. The molecule has 0 saturated heterocycles. The summed E-state index contributed by atoms with van der Waals surface area (Å²) in [6.07, 6.45) is -4.24. The van der Waals surface area contributed by atoms with E-state index in [1.807, 2.05) is 13.8 Å². The monoisotopic (exact) mass is 616 g/mol. The summed E-state index contributed by atoms with van der Waals surface area (Å²) in [5.74, 6) is -0.0359. The highest BCUT2D eigenvalue weighted by atomic mass is 79.9. The number of unbranched alkanes of at least 4 members (excludes halogenated alkanes) is 1. The van der Waals surface area contributed by atoms with Crippen molar-refractivity contribution in [1.29, 1.82) is 0 Å². The number of aliphatic hydroxyl groups is 1. The molecular weight excluding hydrogens is 596 g/mol. The quantitative estimate of drug-likeness (QED) is 0.279. The molecule has 2 aliphatic heterocycles. The smallest absolute Gasteiger partial charge is 0.395 e. The fraction of sp³-hybridized carbons (Fsp3) is 0.409. The molecule has 0 fully saturated rings. The first-order chi connectivity index (χ1) is 15.9. The van der Waals surface area contributed by atoms with E-state index < -0.39 is 18.7 Å². The zero-order valence-electron chi connectivity index (χ0n) is 18.1. The summed E-state index contributed by atoms with van der Waals surface area (Å²) in [7, 11) is 0. The molecule has 2 aliphatic rings. The third-order valence-electron chi connectivity index (χ3n) is 4.22. The van der Waals surface area contributed by atoms with E-state index in [2.05, 4.69) is 50.8 Å². The van der Waals surface area contributed by atoms with Crippen LogP contribution in [0.15, 0.2) is 39.3 Å². The summed E-state index contributed by atoms with van der Waals surface area (Å²) in [6.45, 7) is 3.88. The Hall–Kier alpha value is -2.05. The molecule has 0 amide bonds. The number of hydrogen-bond donors (Lipinski definition) is 1. The van der Waals surface area contributed by atoms with Gasteiger partial charge >= 0.3 is 12.6 Å². The van der Waals surface area contributed by atoms with E-state index in [0.29, 0.717) is 27.4 Å². The molecule has 188 valence electrons. The summed E-state index contributed by atoms with van der Waals surface area (Å²) in [6, 6.07) is 7.38. The van der Waals surface area contributed by atoms with Gasteiger partial charge in [-0.25, -0.2) is 0 Å². The van der Waals surface area contributed by atoms with E-state index in [9.17, 15) is 27.5 Å². The van der Waals surface area contributed by atoms with Crippen LogP contribution in [0, 0.1) is 0 Å². The van der Waals surface area contributed by atoms with Gasteiger partial charge in [0.05, 0.1) is 6.10 Å². The number of ether oxygens (including phenoxy) is 4. The van der Waals surface area contributed by atoms with E-state index >= 15 is 0 Å². The van der Waals surface area contributed by atoms with Crippen molar-refractivity contribution in [3.8, 4) is 23.0 Å². The summed E-state index contributed by atoms with van der Waals surface area (Å²) in [5.41, 5.74) is 0.307. The Labute approximate surface area is 210 Å². The summed E-state index contributed by atoms with van der Waals surface area (Å²) < 4.78 is 69.0. The molecule has 0 bridgehead atoms. The van der Waals surface area contributed by atoms with E-state index in [4.69, 9.17) is 0 Å². The Morgan fingerprint density at radius 1 is 0.912 bits per heavy atom. The predicted octanol–water partition coefficient (Wildman–Crippen LogP) is 7.36. The summed E-state index contributed by atoms with van der Waals surface area (Å²) in [4.78, 5) is 9.40. The van der Waals surface area contributed by atoms with E-state index in [1.165, 1.54) is 18.2 Å². The molecule has 12 heteroatoms. The minimum atomic E-state index is -3.66. The molecule has 0 aliphatic carbocycles. The Morgan fingerprint density at radius 3 is 2.09 bits per heavy atom. The van der Waals surface area contributed by atoms with Crippen molar-refractivity contribution in [2.45, 2.75) is 58.2 Å². The standard InChI is InChI=1S/C11H11BrF2O3.C7H3BrF2O2.C4H8O/c1-2-3-7(15)9-6(12)4-5-8-10(9)17-11(13,14)16-8;8-4-1-2-5-6(3-4)12-7(9,10)11-5;1-2-3-4-5/h4-5,7,15H,2-3H2,1H3;1-3H;4H,2-3H2,1H3. The fourth-order valence-corrected chi connectivity index (χ4v) is 3.69. The Balaban J connectivity index is 0.000000209. The minimum Gasteiger partial charge on any atom is -0.395 e. The molecule has 2 heterocycles. The zero-order chi connectivity index (χ0) is 25.5. The second kappa shape index (κ2) is 12.1. The first kappa shape index (κ1) is 28.2. The molecule has 4 rings (SSSR count). The topological polar surface area (TPSA) is 74.2 Å². The largest absolute Gasteiger partial charge is 0.586 e. The maximum Gasteiger partial charge on any atom is 0.586 e. The SMILES string of the molecule is CCCC(O)c1c(Br)ccc2c1OC(F)(F)O2.CCCC=O.FC1(F)Oc2ccc(Br)cc2O1. The first-order valence-electron chi connectivity index (χ1n) is 10.2. The molecule has 6 nitrogen and oxygen atoms in total. The highest BCUT2D eigenvalue weighted by molar-refractivity contribution is 9.10. The van der Waals surface area contributed by atoms with Gasteiger partial charge in [-0.1, -0.05) is 52.1 Å². The van der Waals surface area contributed by atoms with Crippen LogP contribution in [-0.4, -0.2) is 24.0 Å². The number of fused-ring (bicyclic) bond motifs is 2. The Bertz CT molecular complexity index is 990. The van der Waals surface area contributed by atoms with Gasteiger partial charge < -0.3 is 28.8 Å². The second-order valence-corrected chi connectivity index (χ2v) is 8.74. The van der Waals surface area contributed by atoms with Gasteiger partial charge in [-0.2, -0.15) is 0 Å². The van der Waals surface area contributed by atoms with Gasteiger partial charge in [0.25, 0.3) is 0 Å². The molecule has 2 aromatic rings. The van der Waals surface area contributed by atoms with Crippen LogP contribution < -0.4 is 18.9 Å². The zero-order valence-corrected chi connectivity index (χ0v) is 21.3. The van der Waals surface area contributed by atoms with Crippen molar-refractivity contribution < 1.29 is 46.4 Å². The molecular formula is C22H22Br2F4O6. The van der Waals surface area contributed by atoms with E-state index in [1.54, 1.807) is 12.1 Å². The van der Waals surface area contributed by atoms with Gasteiger partial charge in [-0.3, -0.25) is 0 Å². The van der Waals surface area contributed by atoms with Crippen LogP contribution in [0.25, 0.3) is 0 Å². The molecule has 1 N–H and O–H groups in total. The molecule has 1 unspecified atom stereocenters. The van der Waals surface area contributed by atoms with Gasteiger partial charge in [-0.05, 0) is 43.2 Å². The number of carbonyl (C=O) groups is 1. The summed E-state index contributed by atoms with van der Waals surface area (Å²) >= 11 is 6.34. The third-order valence-corrected chi connectivity index (χ3v) is 5.41. The van der Waals surface area contributed by atoms with Gasteiger partial charge in [0, 0.05) is 20.9 Å². The third kappa shape index (κ3) is 7.74.